The van der Waals surface area contributed by atoms with Crippen LogP contribution in [0, 0.1) is 0 Å². The fourth-order valence-electron chi connectivity index (χ4n) is 3.70. The van der Waals surface area contributed by atoms with E-state index in [1.54, 1.807) is 6.92 Å². The first-order chi connectivity index (χ1) is 12.2. The molecule has 4 heteroatoms. The van der Waals surface area contributed by atoms with Crippen LogP contribution in [0.2, 0.25) is 0 Å². The molecule has 4 nitrogen and oxygen atoms in total. The number of nitrogens with one attached hydrogen (secondary N) is 1. The molecule has 1 aliphatic rings. The molecule has 1 heterocycles. The highest BCUT2D eigenvalue weighted by Gasteiger charge is 2.16. The summed E-state index contributed by atoms with van der Waals surface area (Å²) in [5.74, 6) is 0. The van der Waals surface area contributed by atoms with Crippen LogP contribution in [0.4, 0.5) is 6.01 Å². The molecule has 130 valence electrons. The third-order valence-electron chi connectivity index (χ3n) is 5.04. The van der Waals surface area contributed by atoms with E-state index in [4.69, 9.17) is 4.42 Å². The first-order valence-electron chi connectivity index (χ1n) is 9.15. The lowest BCUT2D eigenvalue weighted by Gasteiger charge is -2.21. The molecule has 25 heavy (non-hydrogen) atoms. The van der Waals surface area contributed by atoms with Gasteiger partial charge >= 0.3 is 0 Å². The van der Waals surface area contributed by atoms with E-state index in [1.165, 1.54) is 32.1 Å². The highest BCUT2D eigenvalue weighted by Crippen LogP contribution is 2.31. The zero-order valence-electron chi connectivity index (χ0n) is 14.5. The standard InChI is InChI=1S/C21H24N2O2/c1-14(24)17-9-5-6-10-18(17)15-11-12-20-19(13-15)23-21(25-20)22-16-7-3-2-4-8-16/h5-6,9-14,16,24H,2-4,7-8H2,1H3,(H,22,23). The molecule has 1 saturated carbocycles. The smallest absolute Gasteiger partial charge is 0.295 e. The van der Waals surface area contributed by atoms with E-state index >= 15 is 0 Å². The Morgan fingerprint density at radius 1 is 1.12 bits per heavy atom. The Kier molecular flexibility index (Phi) is 4.45. The van der Waals surface area contributed by atoms with Crippen LogP contribution in [0.25, 0.3) is 22.2 Å². The number of aromatic nitrogens is 1. The largest absolute Gasteiger partial charge is 0.424 e. The number of anilines is 1. The molecule has 1 aliphatic carbocycles. The Hall–Kier alpha value is -2.33. The van der Waals surface area contributed by atoms with Crippen LogP contribution in [0.1, 0.15) is 50.7 Å². The molecule has 2 N–H and O–H groups in total. The zero-order valence-corrected chi connectivity index (χ0v) is 14.5. The van der Waals surface area contributed by atoms with Crippen molar-refractivity contribution in [2.45, 2.75) is 51.2 Å². The van der Waals surface area contributed by atoms with Crippen LogP contribution >= 0.6 is 0 Å². The van der Waals surface area contributed by atoms with Crippen LogP contribution in [0.5, 0.6) is 0 Å². The van der Waals surface area contributed by atoms with Gasteiger partial charge in [-0.15, -0.1) is 0 Å². The molecule has 1 aromatic heterocycles. The second-order valence-corrected chi connectivity index (χ2v) is 6.94. The highest BCUT2D eigenvalue weighted by atomic mass is 16.4. The van der Waals surface area contributed by atoms with E-state index < -0.39 is 6.10 Å². The van der Waals surface area contributed by atoms with E-state index in [0.29, 0.717) is 12.1 Å². The van der Waals surface area contributed by atoms with Crippen molar-refractivity contribution < 1.29 is 9.52 Å². The first-order valence-corrected chi connectivity index (χ1v) is 9.15. The lowest BCUT2D eigenvalue weighted by Crippen LogP contribution is -2.22. The topological polar surface area (TPSA) is 58.3 Å². The molecule has 0 radical (unpaired) electrons. The number of hydrogen-bond donors (Lipinski definition) is 2. The second-order valence-electron chi connectivity index (χ2n) is 6.94. The molecule has 4 rings (SSSR count). The molecule has 0 bridgehead atoms. The Labute approximate surface area is 147 Å². The van der Waals surface area contributed by atoms with Crippen molar-refractivity contribution in [1.82, 2.24) is 4.98 Å². The van der Waals surface area contributed by atoms with Gasteiger partial charge in [-0.3, -0.25) is 0 Å². The van der Waals surface area contributed by atoms with E-state index in [9.17, 15) is 5.11 Å². The SMILES string of the molecule is CC(O)c1ccccc1-c1ccc2oc(NC3CCCCC3)nc2c1. The van der Waals surface area contributed by atoms with Crippen molar-refractivity contribution >= 4 is 17.1 Å². The summed E-state index contributed by atoms with van der Waals surface area (Å²) < 4.78 is 5.87. The summed E-state index contributed by atoms with van der Waals surface area (Å²) in [6.45, 7) is 1.79. The quantitative estimate of drug-likeness (QED) is 0.679. The number of oxazole rings is 1. The number of rotatable bonds is 4. The summed E-state index contributed by atoms with van der Waals surface area (Å²) in [6, 6.07) is 15.0. The number of aliphatic hydroxyl groups excluding tert-OH is 1. The van der Waals surface area contributed by atoms with Crippen molar-refractivity contribution in [3.63, 3.8) is 0 Å². The molecule has 2 aromatic carbocycles. The van der Waals surface area contributed by atoms with Gasteiger partial charge in [0.2, 0.25) is 0 Å². The molecule has 0 spiro atoms. The molecule has 0 aliphatic heterocycles. The monoisotopic (exact) mass is 336 g/mol. The molecule has 1 unspecified atom stereocenters. The number of hydrogen-bond acceptors (Lipinski definition) is 4. The summed E-state index contributed by atoms with van der Waals surface area (Å²) >= 11 is 0. The minimum absolute atomic E-state index is 0.470. The fraction of sp³-hybridized carbons (Fsp3) is 0.381. The maximum Gasteiger partial charge on any atom is 0.295 e. The van der Waals surface area contributed by atoms with Crippen molar-refractivity contribution in [3.05, 3.63) is 48.0 Å². The molecule has 1 fully saturated rings. The maximum absolute atomic E-state index is 10.0. The normalized spacial score (nSPS) is 16.9. The lowest BCUT2D eigenvalue weighted by molar-refractivity contribution is 0.200. The fourth-order valence-corrected chi connectivity index (χ4v) is 3.70. The van der Waals surface area contributed by atoms with E-state index in [0.717, 1.165) is 27.8 Å². The van der Waals surface area contributed by atoms with Gasteiger partial charge in [-0.2, -0.15) is 4.98 Å². The predicted octanol–water partition coefficient (Wildman–Crippen LogP) is 5.29. The van der Waals surface area contributed by atoms with Crippen LogP contribution in [0.15, 0.2) is 46.9 Å². The first kappa shape index (κ1) is 16.2. The highest BCUT2D eigenvalue weighted by molar-refractivity contribution is 5.82. The second kappa shape index (κ2) is 6.89. The number of fused-ring (bicyclic) bond motifs is 1. The minimum Gasteiger partial charge on any atom is -0.424 e. The third-order valence-corrected chi connectivity index (χ3v) is 5.04. The van der Waals surface area contributed by atoms with Gasteiger partial charge in [-0.1, -0.05) is 49.6 Å². The Morgan fingerprint density at radius 3 is 2.72 bits per heavy atom. The summed E-state index contributed by atoms with van der Waals surface area (Å²) in [7, 11) is 0. The molecule has 3 aromatic rings. The summed E-state index contributed by atoms with van der Waals surface area (Å²) in [4.78, 5) is 4.63. The van der Waals surface area contributed by atoms with Gasteiger partial charge in [0, 0.05) is 6.04 Å². The summed E-state index contributed by atoms with van der Waals surface area (Å²) in [6.07, 6.45) is 5.75. The van der Waals surface area contributed by atoms with Crippen LogP contribution in [-0.2, 0) is 0 Å². The summed E-state index contributed by atoms with van der Waals surface area (Å²) in [5.41, 5.74) is 4.63. The van der Waals surface area contributed by atoms with Crippen molar-refractivity contribution in [2.24, 2.45) is 0 Å². The minimum atomic E-state index is -0.507. The van der Waals surface area contributed by atoms with Crippen molar-refractivity contribution in [2.75, 3.05) is 5.32 Å². The molecule has 0 amide bonds. The number of nitrogens with zero attached hydrogens (tertiary/aromatic N) is 1. The zero-order chi connectivity index (χ0) is 17.2. The molecular formula is C21H24N2O2. The summed E-state index contributed by atoms with van der Waals surface area (Å²) in [5, 5.41) is 13.5. The average Bonchev–Trinajstić information content (AvgIpc) is 3.03. The maximum atomic E-state index is 10.0. The van der Waals surface area contributed by atoms with E-state index in [-0.39, 0.29) is 0 Å². The van der Waals surface area contributed by atoms with Gasteiger partial charge in [0.15, 0.2) is 5.58 Å². The van der Waals surface area contributed by atoms with Crippen LogP contribution in [0.3, 0.4) is 0 Å². The van der Waals surface area contributed by atoms with Gasteiger partial charge in [-0.05, 0) is 48.6 Å². The molecule has 0 saturated heterocycles. The van der Waals surface area contributed by atoms with Crippen LogP contribution in [-0.4, -0.2) is 16.1 Å². The Morgan fingerprint density at radius 2 is 1.92 bits per heavy atom. The van der Waals surface area contributed by atoms with Gasteiger partial charge in [0.25, 0.3) is 6.01 Å². The lowest BCUT2D eigenvalue weighted by atomic mass is 9.96. The van der Waals surface area contributed by atoms with E-state index in [2.05, 4.69) is 10.3 Å². The number of benzene rings is 2. The van der Waals surface area contributed by atoms with Gasteiger partial charge in [0.1, 0.15) is 5.52 Å². The van der Waals surface area contributed by atoms with Gasteiger partial charge in [-0.25, -0.2) is 0 Å². The average molecular weight is 336 g/mol. The van der Waals surface area contributed by atoms with Gasteiger partial charge < -0.3 is 14.8 Å². The Bertz CT molecular complexity index is 863. The third kappa shape index (κ3) is 3.40. The molecule has 1 atom stereocenters. The van der Waals surface area contributed by atoms with Crippen molar-refractivity contribution in [3.8, 4) is 11.1 Å². The van der Waals surface area contributed by atoms with E-state index in [1.807, 2.05) is 42.5 Å². The predicted molar refractivity (Wildman–Crippen MR) is 101 cm³/mol. The van der Waals surface area contributed by atoms with Crippen molar-refractivity contribution in [1.29, 1.82) is 0 Å². The molecular weight excluding hydrogens is 312 g/mol. The number of aliphatic hydroxyl groups is 1. The Balaban J connectivity index is 1.64. The van der Waals surface area contributed by atoms with Crippen LogP contribution < -0.4 is 5.32 Å². The van der Waals surface area contributed by atoms with Gasteiger partial charge in [0.05, 0.1) is 6.10 Å².